The van der Waals surface area contributed by atoms with E-state index < -0.39 is 11.7 Å². The van der Waals surface area contributed by atoms with Crippen LogP contribution in [0.5, 0.6) is 0 Å². The lowest BCUT2D eigenvalue weighted by Crippen LogP contribution is -2.18. The molecule has 0 aliphatic rings. The minimum Gasteiger partial charge on any atom is -0.396 e. The monoisotopic (exact) mass is 263 g/mol. The van der Waals surface area contributed by atoms with Crippen molar-refractivity contribution in [2.75, 3.05) is 24.3 Å². The molecular formula is C11H16F3N3O. The third-order valence-electron chi connectivity index (χ3n) is 2.37. The van der Waals surface area contributed by atoms with E-state index in [-0.39, 0.29) is 24.3 Å². The Kier molecular flexibility index (Phi) is 4.77. The molecule has 0 aliphatic carbocycles. The zero-order valence-corrected chi connectivity index (χ0v) is 10.2. The van der Waals surface area contributed by atoms with Gasteiger partial charge in [0.25, 0.3) is 0 Å². The second-order valence-electron chi connectivity index (χ2n) is 3.93. The van der Waals surface area contributed by atoms with Crippen molar-refractivity contribution < 1.29 is 18.3 Å². The zero-order valence-electron chi connectivity index (χ0n) is 10.2. The normalized spacial score (nSPS) is 13.2. The van der Waals surface area contributed by atoms with E-state index in [0.29, 0.717) is 6.42 Å². The molecule has 1 rings (SSSR count). The van der Waals surface area contributed by atoms with Gasteiger partial charge in [-0.3, -0.25) is 0 Å². The topological polar surface area (TPSA) is 57.2 Å². The molecule has 0 fully saturated rings. The average Bonchev–Trinajstić information content (AvgIpc) is 2.27. The number of halogens is 3. The number of aromatic nitrogens is 1. The molecule has 0 spiro atoms. The van der Waals surface area contributed by atoms with Crippen LogP contribution in [0, 0.1) is 0 Å². The minimum atomic E-state index is -4.41. The predicted octanol–water partition coefficient (Wildman–Crippen LogP) is 2.32. The van der Waals surface area contributed by atoms with E-state index in [0.717, 1.165) is 12.1 Å². The molecule has 1 heterocycles. The summed E-state index contributed by atoms with van der Waals surface area (Å²) in [4.78, 5) is 3.98. The molecule has 0 saturated heterocycles. The van der Waals surface area contributed by atoms with Crippen LogP contribution in [0.4, 0.5) is 24.8 Å². The highest BCUT2D eigenvalue weighted by atomic mass is 19.4. The molecule has 7 heteroatoms. The fraction of sp³-hybridized carbons (Fsp3) is 0.545. The first-order valence-electron chi connectivity index (χ1n) is 5.51. The Hall–Kier alpha value is -1.50. The Morgan fingerprint density at radius 2 is 1.94 bits per heavy atom. The largest absolute Gasteiger partial charge is 0.416 e. The van der Waals surface area contributed by atoms with Gasteiger partial charge in [0.15, 0.2) is 0 Å². The van der Waals surface area contributed by atoms with Gasteiger partial charge in [-0.25, -0.2) is 4.98 Å². The third-order valence-corrected chi connectivity index (χ3v) is 2.37. The number of hydrogen-bond acceptors (Lipinski definition) is 4. The van der Waals surface area contributed by atoms with Crippen molar-refractivity contribution in [2.24, 2.45) is 0 Å². The summed E-state index contributed by atoms with van der Waals surface area (Å²) in [6.07, 6.45) is -3.97. The minimum absolute atomic E-state index is 0.0357. The van der Waals surface area contributed by atoms with Crippen LogP contribution in [-0.4, -0.2) is 29.8 Å². The van der Waals surface area contributed by atoms with Crippen molar-refractivity contribution in [3.8, 4) is 0 Å². The standard InChI is InChI=1S/C11H16F3N3O/c1-7(3-4-18)16-10-6-8(11(12,13)14)5-9(15-2)17-10/h5-7,18H,3-4H2,1-2H3,(H2,15,16,17). The van der Waals surface area contributed by atoms with E-state index in [1.165, 1.54) is 7.05 Å². The maximum Gasteiger partial charge on any atom is 0.416 e. The Balaban J connectivity index is 2.97. The molecule has 0 saturated carbocycles. The lowest BCUT2D eigenvalue weighted by molar-refractivity contribution is -0.137. The van der Waals surface area contributed by atoms with Crippen molar-refractivity contribution >= 4 is 11.6 Å². The number of aliphatic hydroxyl groups excluding tert-OH is 1. The molecule has 0 aliphatic heterocycles. The fourth-order valence-corrected chi connectivity index (χ4v) is 1.41. The summed E-state index contributed by atoms with van der Waals surface area (Å²) in [7, 11) is 1.50. The molecule has 1 atom stereocenters. The number of nitrogens with one attached hydrogen (secondary N) is 2. The van der Waals surface area contributed by atoms with E-state index in [1.54, 1.807) is 6.92 Å². The molecule has 1 unspecified atom stereocenters. The van der Waals surface area contributed by atoms with E-state index in [1.807, 2.05) is 0 Å². The number of hydrogen-bond donors (Lipinski definition) is 3. The van der Waals surface area contributed by atoms with Gasteiger partial charge >= 0.3 is 6.18 Å². The van der Waals surface area contributed by atoms with Crippen LogP contribution in [0.2, 0.25) is 0 Å². The van der Waals surface area contributed by atoms with Gasteiger partial charge in [0.1, 0.15) is 11.6 Å². The Morgan fingerprint density at radius 1 is 1.33 bits per heavy atom. The molecule has 1 aromatic rings. The van der Waals surface area contributed by atoms with Crippen LogP contribution in [-0.2, 0) is 6.18 Å². The number of pyridine rings is 1. The first-order valence-corrected chi connectivity index (χ1v) is 5.51. The molecule has 1 aromatic heterocycles. The molecule has 18 heavy (non-hydrogen) atoms. The maximum absolute atomic E-state index is 12.6. The predicted molar refractivity (Wildman–Crippen MR) is 63.6 cm³/mol. The maximum atomic E-state index is 12.6. The average molecular weight is 263 g/mol. The number of nitrogens with zero attached hydrogens (tertiary/aromatic N) is 1. The van der Waals surface area contributed by atoms with Crippen molar-refractivity contribution in [1.29, 1.82) is 0 Å². The number of aliphatic hydroxyl groups is 1. The molecule has 0 bridgehead atoms. The molecule has 0 radical (unpaired) electrons. The van der Waals surface area contributed by atoms with Gasteiger partial charge in [0, 0.05) is 19.7 Å². The summed E-state index contributed by atoms with van der Waals surface area (Å²) >= 11 is 0. The lowest BCUT2D eigenvalue weighted by Gasteiger charge is -2.16. The summed E-state index contributed by atoms with van der Waals surface area (Å²) in [5.74, 6) is 0.277. The molecular weight excluding hydrogens is 247 g/mol. The van der Waals surface area contributed by atoms with Crippen LogP contribution >= 0.6 is 0 Å². The summed E-state index contributed by atoms with van der Waals surface area (Å²) in [5, 5.41) is 14.2. The first-order chi connectivity index (χ1) is 8.36. The highest BCUT2D eigenvalue weighted by Gasteiger charge is 2.31. The van der Waals surface area contributed by atoms with Gasteiger partial charge in [-0.15, -0.1) is 0 Å². The van der Waals surface area contributed by atoms with Crippen molar-refractivity contribution in [2.45, 2.75) is 25.6 Å². The highest BCUT2D eigenvalue weighted by Crippen LogP contribution is 2.32. The van der Waals surface area contributed by atoms with Crippen molar-refractivity contribution in [3.05, 3.63) is 17.7 Å². The van der Waals surface area contributed by atoms with E-state index in [4.69, 9.17) is 5.11 Å². The molecule has 102 valence electrons. The van der Waals surface area contributed by atoms with Gasteiger partial charge in [0.2, 0.25) is 0 Å². The summed E-state index contributed by atoms with van der Waals surface area (Å²) in [6, 6.07) is 1.74. The Morgan fingerprint density at radius 3 is 2.44 bits per heavy atom. The van der Waals surface area contributed by atoms with E-state index >= 15 is 0 Å². The fourth-order valence-electron chi connectivity index (χ4n) is 1.41. The number of anilines is 2. The van der Waals surface area contributed by atoms with Gasteiger partial charge < -0.3 is 15.7 Å². The van der Waals surface area contributed by atoms with Crippen LogP contribution in [0.15, 0.2) is 12.1 Å². The summed E-state index contributed by atoms with van der Waals surface area (Å²) in [5.41, 5.74) is -0.763. The highest BCUT2D eigenvalue weighted by molar-refractivity contribution is 5.49. The molecule has 0 aromatic carbocycles. The second kappa shape index (κ2) is 5.90. The smallest absolute Gasteiger partial charge is 0.396 e. The molecule has 0 amide bonds. The lowest BCUT2D eigenvalue weighted by atomic mass is 10.2. The second-order valence-corrected chi connectivity index (χ2v) is 3.93. The van der Waals surface area contributed by atoms with Crippen LogP contribution in [0.25, 0.3) is 0 Å². The SMILES string of the molecule is CNc1cc(C(F)(F)F)cc(NC(C)CCO)n1. The third kappa shape index (κ3) is 4.06. The van der Waals surface area contributed by atoms with Crippen LogP contribution < -0.4 is 10.6 Å². The van der Waals surface area contributed by atoms with Gasteiger partial charge in [-0.2, -0.15) is 13.2 Å². The van der Waals surface area contributed by atoms with Gasteiger partial charge in [-0.1, -0.05) is 0 Å². The number of rotatable bonds is 5. The molecule has 4 nitrogen and oxygen atoms in total. The zero-order chi connectivity index (χ0) is 13.8. The summed E-state index contributed by atoms with van der Waals surface area (Å²) in [6.45, 7) is 1.73. The van der Waals surface area contributed by atoms with E-state index in [9.17, 15) is 13.2 Å². The van der Waals surface area contributed by atoms with Gasteiger partial charge in [-0.05, 0) is 25.5 Å². The van der Waals surface area contributed by atoms with Crippen molar-refractivity contribution in [1.82, 2.24) is 4.98 Å². The van der Waals surface area contributed by atoms with Crippen LogP contribution in [0.3, 0.4) is 0 Å². The number of alkyl halides is 3. The van der Waals surface area contributed by atoms with Gasteiger partial charge in [0.05, 0.1) is 5.56 Å². The Bertz CT molecular complexity index is 396. The van der Waals surface area contributed by atoms with E-state index in [2.05, 4.69) is 15.6 Å². The Labute approximate surface area is 103 Å². The quantitative estimate of drug-likeness (QED) is 0.763. The van der Waals surface area contributed by atoms with Crippen LogP contribution in [0.1, 0.15) is 18.9 Å². The molecule has 3 N–H and O–H groups in total. The summed E-state index contributed by atoms with van der Waals surface area (Å²) < 4.78 is 37.9. The van der Waals surface area contributed by atoms with Crippen molar-refractivity contribution in [3.63, 3.8) is 0 Å². The first kappa shape index (κ1) is 14.6.